The first kappa shape index (κ1) is 15.4. The van der Waals surface area contributed by atoms with E-state index in [9.17, 15) is 4.79 Å². The predicted octanol–water partition coefficient (Wildman–Crippen LogP) is 2.07. The molecular weight excluding hydrogens is 320 g/mol. The minimum Gasteiger partial charge on any atom is -0.329 e. The molecule has 0 atom stereocenters. The van der Waals surface area contributed by atoms with E-state index in [0.717, 1.165) is 34.0 Å². The monoisotopic (exact) mass is 341 g/mol. The average Bonchev–Trinajstić information content (AvgIpc) is 3.31. The highest BCUT2D eigenvalue weighted by Crippen LogP contribution is 2.21. The molecule has 3 aromatic rings. The lowest BCUT2D eigenvalue weighted by Crippen LogP contribution is -3.08. The van der Waals surface area contributed by atoms with Crippen LogP contribution in [0.15, 0.2) is 35.7 Å². The second kappa shape index (κ2) is 6.37. The first-order valence-corrected chi connectivity index (χ1v) is 9.22. The Kier molecular flexibility index (Phi) is 4.08. The Balaban J connectivity index is 1.57. The lowest BCUT2D eigenvalue weighted by molar-refractivity contribution is -0.902. The summed E-state index contributed by atoms with van der Waals surface area (Å²) in [5, 5.41) is 4.86. The Morgan fingerprint density at radius 2 is 2.17 bits per heavy atom. The fourth-order valence-corrected chi connectivity index (χ4v) is 3.98. The maximum atomic E-state index is 12.2. The standard InChI is InChI=1S/C18H20N4OS/c1-21-15-7-6-13(19-18(23)16-5-4-10-24-16)11-14(15)20-17(21)12-22-8-2-3-9-22/h4-7,10-11H,2-3,8-9,12H2,1H3,(H,19,23)/p+1. The number of rotatable bonds is 4. The third-order valence-corrected chi connectivity index (χ3v) is 5.56. The van der Waals surface area contributed by atoms with Gasteiger partial charge in [-0.25, -0.2) is 4.98 Å². The number of hydrogen-bond acceptors (Lipinski definition) is 3. The van der Waals surface area contributed by atoms with Crippen LogP contribution in [-0.4, -0.2) is 28.5 Å². The summed E-state index contributed by atoms with van der Waals surface area (Å²) in [6.07, 6.45) is 2.64. The summed E-state index contributed by atoms with van der Waals surface area (Å²) < 4.78 is 2.17. The molecule has 0 saturated carbocycles. The molecule has 0 spiro atoms. The van der Waals surface area contributed by atoms with E-state index >= 15 is 0 Å². The lowest BCUT2D eigenvalue weighted by atomic mass is 10.2. The summed E-state index contributed by atoms with van der Waals surface area (Å²) in [6.45, 7) is 3.46. The zero-order chi connectivity index (χ0) is 16.5. The highest BCUT2D eigenvalue weighted by atomic mass is 32.1. The Hall–Kier alpha value is -2.18. The van der Waals surface area contributed by atoms with Crippen LogP contribution in [0.25, 0.3) is 11.0 Å². The number of aromatic nitrogens is 2. The molecule has 6 heteroatoms. The van der Waals surface area contributed by atoms with Crippen molar-refractivity contribution in [3.05, 3.63) is 46.4 Å². The summed E-state index contributed by atoms with van der Waals surface area (Å²) in [5.41, 5.74) is 2.84. The summed E-state index contributed by atoms with van der Waals surface area (Å²) in [5.74, 6) is 1.05. The van der Waals surface area contributed by atoms with E-state index in [1.807, 2.05) is 35.7 Å². The van der Waals surface area contributed by atoms with Gasteiger partial charge in [-0.2, -0.15) is 0 Å². The van der Waals surface area contributed by atoms with Gasteiger partial charge >= 0.3 is 0 Å². The number of carbonyl (C=O) groups is 1. The summed E-state index contributed by atoms with van der Waals surface area (Å²) in [6, 6.07) is 9.66. The molecule has 24 heavy (non-hydrogen) atoms. The Bertz CT molecular complexity index is 863. The van der Waals surface area contributed by atoms with Gasteiger partial charge < -0.3 is 14.8 Å². The second-order valence-corrected chi connectivity index (χ2v) is 7.30. The fourth-order valence-electron chi connectivity index (χ4n) is 3.36. The van der Waals surface area contributed by atoms with E-state index in [-0.39, 0.29) is 5.91 Å². The Labute approximate surface area is 144 Å². The maximum absolute atomic E-state index is 12.2. The predicted molar refractivity (Wildman–Crippen MR) is 96.6 cm³/mol. The number of amides is 1. The number of likely N-dealkylation sites (tertiary alicyclic amines) is 1. The van der Waals surface area contributed by atoms with Crippen LogP contribution in [0.4, 0.5) is 5.69 Å². The van der Waals surface area contributed by atoms with Gasteiger partial charge in [0.05, 0.1) is 29.0 Å². The van der Waals surface area contributed by atoms with Gasteiger partial charge in [-0.05, 0) is 29.6 Å². The van der Waals surface area contributed by atoms with E-state index in [1.54, 1.807) is 4.90 Å². The van der Waals surface area contributed by atoms with Crippen molar-refractivity contribution in [3.63, 3.8) is 0 Å². The third-order valence-electron chi connectivity index (χ3n) is 4.70. The molecule has 1 saturated heterocycles. The van der Waals surface area contributed by atoms with Gasteiger partial charge in [-0.1, -0.05) is 6.07 Å². The molecule has 1 aliphatic rings. The molecule has 3 heterocycles. The highest BCUT2D eigenvalue weighted by molar-refractivity contribution is 7.12. The largest absolute Gasteiger partial charge is 0.329 e. The van der Waals surface area contributed by atoms with E-state index in [2.05, 4.69) is 16.9 Å². The number of aryl methyl sites for hydroxylation is 1. The highest BCUT2D eigenvalue weighted by Gasteiger charge is 2.19. The van der Waals surface area contributed by atoms with Crippen molar-refractivity contribution >= 4 is 34.0 Å². The molecule has 0 radical (unpaired) electrons. The number of quaternary nitrogens is 1. The van der Waals surface area contributed by atoms with Crippen LogP contribution in [0.3, 0.4) is 0 Å². The Morgan fingerprint density at radius 1 is 1.33 bits per heavy atom. The van der Waals surface area contributed by atoms with E-state index in [4.69, 9.17) is 4.98 Å². The van der Waals surface area contributed by atoms with Crippen molar-refractivity contribution in [2.45, 2.75) is 19.4 Å². The average molecular weight is 341 g/mol. The van der Waals surface area contributed by atoms with Gasteiger partial charge in [0, 0.05) is 25.6 Å². The van der Waals surface area contributed by atoms with Crippen molar-refractivity contribution in [1.82, 2.24) is 9.55 Å². The quantitative estimate of drug-likeness (QED) is 0.763. The first-order valence-electron chi connectivity index (χ1n) is 8.34. The van der Waals surface area contributed by atoms with Crippen LogP contribution in [0.2, 0.25) is 0 Å². The summed E-state index contributed by atoms with van der Waals surface area (Å²) in [7, 11) is 2.07. The molecule has 1 aromatic carbocycles. The van der Waals surface area contributed by atoms with Crippen molar-refractivity contribution in [2.24, 2.45) is 7.05 Å². The van der Waals surface area contributed by atoms with E-state index in [1.165, 1.54) is 37.3 Å². The molecule has 0 aliphatic carbocycles. The number of hydrogen-bond donors (Lipinski definition) is 2. The number of thiophene rings is 1. The smallest absolute Gasteiger partial charge is 0.265 e. The zero-order valence-electron chi connectivity index (χ0n) is 13.7. The van der Waals surface area contributed by atoms with E-state index in [0.29, 0.717) is 0 Å². The molecule has 2 aromatic heterocycles. The fraction of sp³-hybridized carbons (Fsp3) is 0.333. The minimum absolute atomic E-state index is 0.0676. The van der Waals surface area contributed by atoms with Gasteiger partial charge in [-0.15, -0.1) is 11.3 Å². The number of fused-ring (bicyclic) bond motifs is 1. The van der Waals surface area contributed by atoms with Crippen LogP contribution in [0, 0.1) is 0 Å². The number of imidazole rings is 1. The van der Waals surface area contributed by atoms with Crippen molar-refractivity contribution < 1.29 is 9.69 Å². The molecular formula is C18H21N4OS+. The molecule has 1 amide bonds. The van der Waals surface area contributed by atoms with Gasteiger partial charge in [0.25, 0.3) is 5.91 Å². The Morgan fingerprint density at radius 3 is 2.92 bits per heavy atom. The van der Waals surface area contributed by atoms with Gasteiger partial charge in [0.2, 0.25) is 0 Å². The number of nitrogens with one attached hydrogen (secondary N) is 2. The molecule has 1 aliphatic heterocycles. The molecule has 5 nitrogen and oxygen atoms in total. The van der Waals surface area contributed by atoms with Crippen LogP contribution < -0.4 is 10.2 Å². The SMILES string of the molecule is Cn1c(C[NH+]2CCCC2)nc2cc(NC(=O)c3cccs3)ccc21. The number of anilines is 1. The van der Waals surface area contributed by atoms with Crippen molar-refractivity contribution in [2.75, 3.05) is 18.4 Å². The third kappa shape index (κ3) is 2.95. The van der Waals surface area contributed by atoms with E-state index < -0.39 is 0 Å². The van der Waals surface area contributed by atoms with Crippen LogP contribution >= 0.6 is 11.3 Å². The van der Waals surface area contributed by atoms with Crippen LogP contribution in [0.5, 0.6) is 0 Å². The molecule has 124 valence electrons. The number of carbonyl (C=O) groups excluding carboxylic acids is 1. The van der Waals surface area contributed by atoms with Crippen LogP contribution in [0.1, 0.15) is 28.3 Å². The number of nitrogens with zero attached hydrogens (tertiary/aromatic N) is 2. The molecule has 4 rings (SSSR count). The van der Waals surface area contributed by atoms with Crippen LogP contribution in [-0.2, 0) is 13.6 Å². The second-order valence-electron chi connectivity index (χ2n) is 6.36. The van der Waals surface area contributed by atoms with Gasteiger partial charge in [0.15, 0.2) is 5.82 Å². The molecule has 0 bridgehead atoms. The molecule has 2 N–H and O–H groups in total. The zero-order valence-corrected chi connectivity index (χ0v) is 14.5. The lowest BCUT2D eigenvalue weighted by Gasteiger charge is -2.11. The maximum Gasteiger partial charge on any atom is 0.265 e. The van der Waals surface area contributed by atoms with Crippen molar-refractivity contribution in [1.29, 1.82) is 0 Å². The summed E-state index contributed by atoms with van der Waals surface area (Å²) >= 11 is 1.44. The molecule has 1 fully saturated rings. The van der Waals surface area contributed by atoms with Crippen molar-refractivity contribution in [3.8, 4) is 0 Å². The number of benzene rings is 1. The normalized spacial score (nSPS) is 15.2. The first-order chi connectivity index (χ1) is 11.7. The minimum atomic E-state index is -0.0676. The topological polar surface area (TPSA) is 51.4 Å². The summed E-state index contributed by atoms with van der Waals surface area (Å²) in [4.78, 5) is 19.3. The molecule has 0 unspecified atom stereocenters. The van der Waals surface area contributed by atoms with Gasteiger partial charge in [0.1, 0.15) is 6.54 Å². The van der Waals surface area contributed by atoms with Gasteiger partial charge in [-0.3, -0.25) is 4.79 Å².